The van der Waals surface area contributed by atoms with E-state index in [9.17, 15) is 19.0 Å². The first-order valence-corrected chi connectivity index (χ1v) is 20.8. The molecule has 0 aliphatic rings. The fourth-order valence-electron chi connectivity index (χ4n) is 4.87. The number of unbranched alkanes of at least 4 members (excludes halogenated alkanes) is 15. The normalized spacial score (nSPS) is 14.1. The summed E-state index contributed by atoms with van der Waals surface area (Å²) >= 11 is 0. The summed E-state index contributed by atoms with van der Waals surface area (Å²) in [6.45, 7) is 3.50. The number of carbonyl (C=O) groups excluding carboxylic acids is 2. The van der Waals surface area contributed by atoms with Crippen molar-refractivity contribution in [1.82, 2.24) is 0 Å². The zero-order valence-corrected chi connectivity index (χ0v) is 32.3. The Bertz CT molecular complexity index is 1010. The van der Waals surface area contributed by atoms with E-state index in [0.29, 0.717) is 12.8 Å². The van der Waals surface area contributed by atoms with Gasteiger partial charge < -0.3 is 20.1 Å². The second-order valence-electron chi connectivity index (χ2n) is 12.5. The highest BCUT2D eigenvalue weighted by molar-refractivity contribution is 7.47. The Kier molecular flexibility index (Phi) is 34.8. The number of phosphoric acid groups is 1. The van der Waals surface area contributed by atoms with Gasteiger partial charge in [-0.1, -0.05) is 139 Å². The first kappa shape index (κ1) is 47.7. The fraction of sp³-hybridized carbons (Fsp3) is 0.700. The third-order valence-electron chi connectivity index (χ3n) is 7.73. The Labute approximate surface area is 304 Å². The maximum absolute atomic E-state index is 12.5. The molecular weight excluding hydrogens is 653 g/mol. The molecule has 0 aliphatic heterocycles. The number of ether oxygens (including phenoxy) is 2. The minimum absolute atomic E-state index is 0.0428. The highest BCUT2D eigenvalue weighted by Gasteiger charge is 2.25. The van der Waals surface area contributed by atoms with Crippen molar-refractivity contribution in [2.45, 2.75) is 155 Å². The largest absolute Gasteiger partial charge is 0.472 e. The third kappa shape index (κ3) is 35.5. The van der Waals surface area contributed by atoms with E-state index < -0.39 is 32.5 Å². The van der Waals surface area contributed by atoms with Crippen LogP contribution < -0.4 is 5.73 Å². The number of esters is 2. The predicted octanol–water partition coefficient (Wildman–Crippen LogP) is 10.5. The first-order chi connectivity index (χ1) is 24.3. The number of nitrogens with two attached hydrogens (primary N) is 1. The lowest BCUT2D eigenvalue weighted by atomic mass is 10.1. The van der Waals surface area contributed by atoms with Crippen molar-refractivity contribution < 1.29 is 37.6 Å². The number of phosphoric ester groups is 1. The van der Waals surface area contributed by atoms with E-state index in [0.717, 1.165) is 57.8 Å². The van der Waals surface area contributed by atoms with Crippen molar-refractivity contribution >= 4 is 19.8 Å². The van der Waals surface area contributed by atoms with Crippen molar-refractivity contribution in [1.29, 1.82) is 0 Å². The van der Waals surface area contributed by atoms with Gasteiger partial charge in [0, 0.05) is 19.4 Å². The van der Waals surface area contributed by atoms with Gasteiger partial charge in [-0.15, -0.1) is 0 Å². The van der Waals surface area contributed by atoms with Crippen molar-refractivity contribution in [2.75, 3.05) is 26.4 Å². The molecule has 0 aromatic carbocycles. The summed E-state index contributed by atoms with van der Waals surface area (Å²) in [5.41, 5.74) is 5.33. The first-order valence-electron chi connectivity index (χ1n) is 19.3. The van der Waals surface area contributed by atoms with Gasteiger partial charge in [-0.05, 0) is 57.8 Å². The summed E-state index contributed by atoms with van der Waals surface area (Å²) in [5, 5.41) is 0. The van der Waals surface area contributed by atoms with Crippen LogP contribution in [0.2, 0.25) is 0 Å². The molecule has 0 radical (unpaired) electrons. The van der Waals surface area contributed by atoms with Gasteiger partial charge >= 0.3 is 19.8 Å². The molecule has 9 nitrogen and oxygen atoms in total. The third-order valence-corrected chi connectivity index (χ3v) is 8.72. The van der Waals surface area contributed by atoms with Crippen molar-refractivity contribution in [3.05, 3.63) is 60.8 Å². The van der Waals surface area contributed by atoms with Gasteiger partial charge in [-0.2, -0.15) is 0 Å². The van der Waals surface area contributed by atoms with Crippen LogP contribution in [-0.2, 0) is 32.7 Å². The molecule has 0 amide bonds. The molecule has 0 aromatic rings. The molecule has 0 aromatic heterocycles. The van der Waals surface area contributed by atoms with Crippen LogP contribution in [0.1, 0.15) is 149 Å². The standard InChI is InChI=1S/C40H70NO8P/c1-3-5-7-9-11-13-15-17-18-19-21-22-24-26-28-30-32-39(42)46-36-38(37-48-50(44,45)47-35-34-41)49-40(43)33-31-29-27-25-23-20-16-14-12-10-8-6-4-2/h6,8,10,12,14,16,18-20,23,38H,3-5,7,9,11,13,15,17,21-22,24-37,41H2,1-2H3,(H,44,45)/b8-6+,12-10+,16-14+,19-18+,23-20+. The Morgan fingerprint density at radius 3 is 1.72 bits per heavy atom. The quantitative estimate of drug-likeness (QED) is 0.0215. The van der Waals surface area contributed by atoms with Gasteiger partial charge in [-0.3, -0.25) is 18.6 Å². The van der Waals surface area contributed by atoms with Gasteiger partial charge in [0.15, 0.2) is 6.10 Å². The SMILES string of the molecule is CC/C=C/C=C/C=C/C=C/CCCCCC(=O)OC(COC(=O)CCCCCCC/C=C/CCCCCCCCC)COP(=O)(O)OCCN. The molecule has 50 heavy (non-hydrogen) atoms. The second-order valence-corrected chi connectivity index (χ2v) is 14.0. The van der Waals surface area contributed by atoms with E-state index >= 15 is 0 Å². The molecule has 0 rings (SSSR count). The van der Waals surface area contributed by atoms with Crippen LogP contribution in [0.5, 0.6) is 0 Å². The van der Waals surface area contributed by atoms with Gasteiger partial charge in [0.25, 0.3) is 0 Å². The molecule has 3 N–H and O–H groups in total. The lowest BCUT2D eigenvalue weighted by Gasteiger charge is -2.19. The lowest BCUT2D eigenvalue weighted by Crippen LogP contribution is -2.29. The van der Waals surface area contributed by atoms with Gasteiger partial charge in [0.05, 0.1) is 13.2 Å². The van der Waals surface area contributed by atoms with Crippen LogP contribution in [0.4, 0.5) is 0 Å². The molecular formula is C40H70NO8P. The van der Waals surface area contributed by atoms with E-state index in [4.69, 9.17) is 24.3 Å². The van der Waals surface area contributed by atoms with Crippen LogP contribution >= 0.6 is 7.82 Å². The minimum atomic E-state index is -4.39. The van der Waals surface area contributed by atoms with Crippen molar-refractivity contribution in [3.63, 3.8) is 0 Å². The topological polar surface area (TPSA) is 134 Å². The highest BCUT2D eigenvalue weighted by atomic mass is 31.2. The molecule has 2 unspecified atom stereocenters. The summed E-state index contributed by atoms with van der Waals surface area (Å²) in [4.78, 5) is 34.7. The van der Waals surface area contributed by atoms with Crippen molar-refractivity contribution in [3.8, 4) is 0 Å². The van der Waals surface area contributed by atoms with Crippen LogP contribution in [-0.4, -0.2) is 49.3 Å². The molecule has 0 saturated heterocycles. The van der Waals surface area contributed by atoms with E-state index in [-0.39, 0.29) is 32.6 Å². The van der Waals surface area contributed by atoms with E-state index in [1.165, 1.54) is 51.4 Å². The van der Waals surface area contributed by atoms with E-state index in [2.05, 4.69) is 38.2 Å². The smallest absolute Gasteiger partial charge is 0.462 e. The predicted molar refractivity (Wildman–Crippen MR) is 206 cm³/mol. The van der Waals surface area contributed by atoms with Crippen LogP contribution in [0.15, 0.2) is 60.8 Å². The van der Waals surface area contributed by atoms with Gasteiger partial charge in [0.1, 0.15) is 6.61 Å². The summed E-state index contributed by atoms with van der Waals surface area (Å²) in [5.74, 6) is -0.890. The monoisotopic (exact) mass is 723 g/mol. The Balaban J connectivity index is 4.29. The molecule has 10 heteroatoms. The van der Waals surface area contributed by atoms with Crippen LogP contribution in [0.3, 0.4) is 0 Å². The number of hydrogen-bond acceptors (Lipinski definition) is 8. The number of carbonyl (C=O) groups is 2. The molecule has 0 heterocycles. The van der Waals surface area contributed by atoms with Gasteiger partial charge in [-0.25, -0.2) is 4.57 Å². The van der Waals surface area contributed by atoms with Crippen LogP contribution in [0, 0.1) is 0 Å². The summed E-state index contributed by atoms with van der Waals surface area (Å²) in [6.07, 6.45) is 41.1. The molecule has 0 fully saturated rings. The molecule has 0 aliphatic carbocycles. The fourth-order valence-corrected chi connectivity index (χ4v) is 5.64. The molecule has 0 saturated carbocycles. The average Bonchev–Trinajstić information content (AvgIpc) is 3.10. The number of rotatable bonds is 35. The summed E-state index contributed by atoms with van der Waals surface area (Å²) in [6, 6.07) is 0. The molecule has 2 atom stereocenters. The summed E-state index contributed by atoms with van der Waals surface area (Å²) < 4.78 is 32.6. The van der Waals surface area contributed by atoms with Crippen molar-refractivity contribution in [2.24, 2.45) is 5.73 Å². The Hall–Kier alpha value is -2.29. The van der Waals surface area contributed by atoms with E-state index in [1.54, 1.807) is 0 Å². The number of allylic oxidation sites excluding steroid dienone is 10. The van der Waals surface area contributed by atoms with Gasteiger partial charge in [0.2, 0.25) is 0 Å². The molecule has 0 spiro atoms. The Morgan fingerprint density at radius 2 is 1.12 bits per heavy atom. The maximum Gasteiger partial charge on any atom is 0.472 e. The average molecular weight is 724 g/mol. The number of hydrogen-bond donors (Lipinski definition) is 2. The zero-order valence-electron chi connectivity index (χ0n) is 31.4. The highest BCUT2D eigenvalue weighted by Crippen LogP contribution is 2.43. The second kappa shape index (κ2) is 36.5. The minimum Gasteiger partial charge on any atom is -0.462 e. The van der Waals surface area contributed by atoms with Crippen LogP contribution in [0.25, 0.3) is 0 Å². The summed E-state index contributed by atoms with van der Waals surface area (Å²) in [7, 11) is -4.39. The Morgan fingerprint density at radius 1 is 0.620 bits per heavy atom. The maximum atomic E-state index is 12.5. The lowest BCUT2D eigenvalue weighted by molar-refractivity contribution is -0.161. The van der Waals surface area contributed by atoms with E-state index in [1.807, 2.05) is 36.5 Å². The molecule has 288 valence electrons. The zero-order chi connectivity index (χ0) is 36.8. The molecule has 0 bridgehead atoms.